The predicted octanol–water partition coefficient (Wildman–Crippen LogP) is 3.67. The van der Waals surface area contributed by atoms with Gasteiger partial charge < -0.3 is 9.42 Å². The zero-order chi connectivity index (χ0) is 16.1. The van der Waals surface area contributed by atoms with Crippen LogP contribution in [0.4, 0.5) is 0 Å². The molecule has 0 aliphatic heterocycles. The van der Waals surface area contributed by atoms with Gasteiger partial charge in [-0.1, -0.05) is 34.4 Å². The van der Waals surface area contributed by atoms with Gasteiger partial charge >= 0.3 is 0 Å². The normalized spacial score (nSPS) is 10.7. The largest absolute Gasteiger partial charge is 0.341 e. The highest BCUT2D eigenvalue weighted by Gasteiger charge is 2.11. The first-order valence-electron chi connectivity index (χ1n) is 6.93. The maximum atomic E-state index is 12.1. The second kappa shape index (κ2) is 7.61. The quantitative estimate of drug-likeness (QED) is 0.804. The standard InChI is InChI=1S/C15H17Cl2N3O2/c1-10-18-14(22-19-10)4-3-5-15(21)20(2)9-11-6-7-12(16)13(17)8-11/h6-8H,3-5,9H2,1-2H3. The van der Waals surface area contributed by atoms with Gasteiger partial charge in [-0.3, -0.25) is 4.79 Å². The van der Waals surface area contributed by atoms with Crippen molar-refractivity contribution in [2.45, 2.75) is 32.7 Å². The van der Waals surface area contributed by atoms with Crippen molar-refractivity contribution in [3.63, 3.8) is 0 Å². The number of halogens is 2. The summed E-state index contributed by atoms with van der Waals surface area (Å²) in [6.45, 7) is 2.26. The Balaban J connectivity index is 1.80. The molecule has 0 aliphatic carbocycles. The Morgan fingerprint density at radius 1 is 1.32 bits per heavy atom. The summed E-state index contributed by atoms with van der Waals surface area (Å²) in [6, 6.07) is 5.36. The van der Waals surface area contributed by atoms with Crippen molar-refractivity contribution in [2.24, 2.45) is 0 Å². The molecule has 0 saturated carbocycles. The third-order valence-electron chi connectivity index (χ3n) is 3.18. The molecule has 0 unspecified atom stereocenters. The molecule has 0 spiro atoms. The number of rotatable bonds is 6. The van der Waals surface area contributed by atoms with Gasteiger partial charge in [-0.25, -0.2) is 0 Å². The fourth-order valence-corrected chi connectivity index (χ4v) is 2.34. The SMILES string of the molecule is Cc1noc(CCCC(=O)N(C)Cc2ccc(Cl)c(Cl)c2)n1. The molecule has 1 aromatic carbocycles. The molecule has 1 heterocycles. The fraction of sp³-hybridized carbons (Fsp3) is 0.400. The van der Waals surface area contributed by atoms with Crippen LogP contribution in [0, 0.1) is 6.92 Å². The molecule has 1 aromatic heterocycles. The zero-order valence-corrected chi connectivity index (χ0v) is 14.0. The molecule has 22 heavy (non-hydrogen) atoms. The summed E-state index contributed by atoms with van der Waals surface area (Å²) < 4.78 is 5.01. The molecule has 0 aliphatic rings. The van der Waals surface area contributed by atoms with E-state index in [1.165, 1.54) is 0 Å². The number of hydrogen-bond donors (Lipinski definition) is 0. The van der Waals surface area contributed by atoms with Gasteiger partial charge in [-0.05, 0) is 31.0 Å². The van der Waals surface area contributed by atoms with Crippen molar-refractivity contribution < 1.29 is 9.32 Å². The molecule has 1 amide bonds. The summed E-state index contributed by atoms with van der Waals surface area (Å²) in [6.07, 6.45) is 1.71. The summed E-state index contributed by atoms with van der Waals surface area (Å²) >= 11 is 11.8. The molecule has 0 radical (unpaired) electrons. The molecule has 5 nitrogen and oxygen atoms in total. The van der Waals surface area contributed by atoms with E-state index in [0.29, 0.717) is 47.6 Å². The molecule has 2 rings (SSSR count). The second-order valence-electron chi connectivity index (χ2n) is 5.09. The number of nitrogens with zero attached hydrogens (tertiary/aromatic N) is 3. The number of carbonyl (C=O) groups is 1. The lowest BCUT2D eigenvalue weighted by Crippen LogP contribution is -2.26. The van der Waals surface area contributed by atoms with Crippen molar-refractivity contribution in [1.82, 2.24) is 15.0 Å². The lowest BCUT2D eigenvalue weighted by Gasteiger charge is -2.17. The summed E-state index contributed by atoms with van der Waals surface area (Å²) in [5.74, 6) is 1.23. The summed E-state index contributed by atoms with van der Waals surface area (Å²) in [4.78, 5) is 17.9. The van der Waals surface area contributed by atoms with Crippen LogP contribution in [0.25, 0.3) is 0 Å². The van der Waals surface area contributed by atoms with Crippen LogP contribution >= 0.6 is 23.2 Å². The van der Waals surface area contributed by atoms with Gasteiger partial charge in [0.15, 0.2) is 5.82 Å². The highest BCUT2D eigenvalue weighted by atomic mass is 35.5. The van der Waals surface area contributed by atoms with Crippen LogP contribution in [0.3, 0.4) is 0 Å². The molecule has 2 aromatic rings. The van der Waals surface area contributed by atoms with Gasteiger partial charge in [-0.15, -0.1) is 0 Å². The first-order valence-corrected chi connectivity index (χ1v) is 7.68. The minimum Gasteiger partial charge on any atom is -0.341 e. The van der Waals surface area contributed by atoms with E-state index in [4.69, 9.17) is 27.7 Å². The zero-order valence-electron chi connectivity index (χ0n) is 12.5. The van der Waals surface area contributed by atoms with Crippen LogP contribution in [-0.4, -0.2) is 28.0 Å². The number of benzene rings is 1. The number of amides is 1. The first kappa shape index (κ1) is 16.8. The number of aryl methyl sites for hydroxylation is 2. The number of aromatic nitrogens is 2. The Kier molecular flexibility index (Phi) is 5.80. The summed E-state index contributed by atoms with van der Waals surface area (Å²) in [7, 11) is 1.77. The Morgan fingerprint density at radius 2 is 2.09 bits per heavy atom. The fourth-order valence-electron chi connectivity index (χ4n) is 2.02. The summed E-state index contributed by atoms with van der Waals surface area (Å²) in [5, 5.41) is 4.72. The smallest absolute Gasteiger partial charge is 0.226 e. The van der Waals surface area contributed by atoms with Gasteiger partial charge in [0.05, 0.1) is 10.0 Å². The minimum absolute atomic E-state index is 0.0577. The van der Waals surface area contributed by atoms with Crippen LogP contribution in [0.5, 0.6) is 0 Å². The van der Waals surface area contributed by atoms with Gasteiger partial charge in [0.2, 0.25) is 11.8 Å². The molecule has 0 atom stereocenters. The van der Waals surface area contributed by atoms with E-state index in [1.807, 2.05) is 6.07 Å². The Labute approximate surface area is 139 Å². The minimum atomic E-state index is 0.0577. The topological polar surface area (TPSA) is 59.2 Å². The average Bonchev–Trinajstić information content (AvgIpc) is 2.88. The van der Waals surface area contributed by atoms with E-state index in [1.54, 1.807) is 31.0 Å². The average molecular weight is 342 g/mol. The van der Waals surface area contributed by atoms with E-state index in [-0.39, 0.29) is 5.91 Å². The third-order valence-corrected chi connectivity index (χ3v) is 3.92. The van der Waals surface area contributed by atoms with Crippen LogP contribution in [0.1, 0.15) is 30.1 Å². The number of hydrogen-bond acceptors (Lipinski definition) is 4. The third kappa shape index (κ3) is 4.71. The van der Waals surface area contributed by atoms with E-state index >= 15 is 0 Å². The molecular weight excluding hydrogens is 325 g/mol. The lowest BCUT2D eigenvalue weighted by atomic mass is 10.2. The van der Waals surface area contributed by atoms with Crippen molar-refractivity contribution in [2.75, 3.05) is 7.05 Å². The Morgan fingerprint density at radius 3 is 2.73 bits per heavy atom. The molecule has 7 heteroatoms. The van der Waals surface area contributed by atoms with E-state index in [0.717, 1.165) is 5.56 Å². The van der Waals surface area contributed by atoms with Crippen molar-refractivity contribution in [1.29, 1.82) is 0 Å². The molecule has 0 N–H and O–H groups in total. The Bertz CT molecular complexity index is 658. The second-order valence-corrected chi connectivity index (χ2v) is 5.90. The van der Waals surface area contributed by atoms with Gasteiger partial charge in [0.25, 0.3) is 0 Å². The first-order chi connectivity index (χ1) is 10.5. The van der Waals surface area contributed by atoms with E-state index in [2.05, 4.69) is 10.1 Å². The lowest BCUT2D eigenvalue weighted by molar-refractivity contribution is -0.130. The van der Waals surface area contributed by atoms with Gasteiger partial charge in [-0.2, -0.15) is 4.98 Å². The van der Waals surface area contributed by atoms with Crippen LogP contribution in [-0.2, 0) is 17.8 Å². The van der Waals surface area contributed by atoms with Crippen LogP contribution < -0.4 is 0 Å². The van der Waals surface area contributed by atoms with Gasteiger partial charge in [0.1, 0.15) is 0 Å². The molecule has 0 saturated heterocycles. The highest BCUT2D eigenvalue weighted by Crippen LogP contribution is 2.23. The predicted molar refractivity (Wildman–Crippen MR) is 84.9 cm³/mol. The van der Waals surface area contributed by atoms with Crippen LogP contribution in [0.15, 0.2) is 22.7 Å². The van der Waals surface area contributed by atoms with Crippen molar-refractivity contribution >= 4 is 29.1 Å². The molecule has 0 bridgehead atoms. The van der Waals surface area contributed by atoms with Crippen molar-refractivity contribution in [3.8, 4) is 0 Å². The van der Waals surface area contributed by atoms with E-state index in [9.17, 15) is 4.79 Å². The molecule has 118 valence electrons. The highest BCUT2D eigenvalue weighted by molar-refractivity contribution is 6.42. The maximum Gasteiger partial charge on any atom is 0.226 e. The molecular formula is C15H17Cl2N3O2. The van der Waals surface area contributed by atoms with Crippen molar-refractivity contribution in [3.05, 3.63) is 45.5 Å². The maximum absolute atomic E-state index is 12.1. The monoisotopic (exact) mass is 341 g/mol. The Hall–Kier alpha value is -1.59. The van der Waals surface area contributed by atoms with Crippen LogP contribution in [0.2, 0.25) is 10.0 Å². The van der Waals surface area contributed by atoms with E-state index < -0.39 is 0 Å². The number of carbonyl (C=O) groups excluding carboxylic acids is 1. The van der Waals surface area contributed by atoms with Gasteiger partial charge in [0, 0.05) is 26.4 Å². The summed E-state index contributed by atoms with van der Waals surface area (Å²) in [5.41, 5.74) is 0.942. The molecule has 0 fully saturated rings.